The Morgan fingerprint density at radius 3 is 3.12 bits per heavy atom. The van der Waals surface area contributed by atoms with Crippen molar-refractivity contribution < 1.29 is 14.3 Å². The molecule has 0 aromatic carbocycles. The maximum absolute atomic E-state index is 11.2. The van der Waals surface area contributed by atoms with E-state index in [4.69, 9.17) is 4.74 Å². The summed E-state index contributed by atoms with van der Waals surface area (Å²) in [5.74, 6) is 2.22. The molecule has 1 unspecified atom stereocenters. The van der Waals surface area contributed by atoms with Crippen LogP contribution in [0, 0.1) is 0 Å². The Morgan fingerprint density at radius 1 is 1.59 bits per heavy atom. The number of esters is 1. The molecular weight excluding hydrogens is 238 g/mol. The number of methoxy groups -OCH3 is 1. The van der Waals surface area contributed by atoms with Crippen LogP contribution in [0.3, 0.4) is 0 Å². The fraction of sp³-hybridized carbons (Fsp3) is 0.917. The third kappa shape index (κ3) is 6.29. The molecule has 0 radical (unpaired) electrons. The van der Waals surface area contributed by atoms with Gasteiger partial charge in [-0.1, -0.05) is 6.92 Å². The van der Waals surface area contributed by atoms with Gasteiger partial charge in [-0.3, -0.25) is 9.69 Å². The van der Waals surface area contributed by atoms with E-state index in [1.807, 2.05) is 11.8 Å². The third-order valence-electron chi connectivity index (χ3n) is 2.81. The molecule has 0 saturated carbocycles. The first-order chi connectivity index (χ1) is 8.26. The standard InChI is InChI=1S/C12H23NO3S/c1-3-17-8-4-5-13-6-7-16-11(10-13)9-12(14)15-2/h11H,3-10H2,1-2H3. The lowest BCUT2D eigenvalue weighted by Gasteiger charge is -2.32. The van der Waals surface area contributed by atoms with Gasteiger partial charge in [0.2, 0.25) is 0 Å². The molecule has 0 aromatic heterocycles. The van der Waals surface area contributed by atoms with Crippen molar-refractivity contribution in [1.82, 2.24) is 4.90 Å². The number of hydrogen-bond acceptors (Lipinski definition) is 5. The van der Waals surface area contributed by atoms with Crippen LogP contribution in [0.1, 0.15) is 19.8 Å². The van der Waals surface area contributed by atoms with Gasteiger partial charge in [-0.2, -0.15) is 11.8 Å². The van der Waals surface area contributed by atoms with Gasteiger partial charge in [0, 0.05) is 13.1 Å². The molecule has 1 rings (SSSR count). The first-order valence-electron chi connectivity index (χ1n) is 6.24. The molecule has 1 fully saturated rings. The summed E-state index contributed by atoms with van der Waals surface area (Å²) in [6, 6.07) is 0. The number of carbonyl (C=O) groups excluding carboxylic acids is 1. The number of rotatable bonds is 7. The maximum atomic E-state index is 11.2. The number of ether oxygens (including phenoxy) is 2. The molecule has 17 heavy (non-hydrogen) atoms. The van der Waals surface area contributed by atoms with Crippen LogP contribution in [0.5, 0.6) is 0 Å². The van der Waals surface area contributed by atoms with Gasteiger partial charge in [0.1, 0.15) is 0 Å². The number of nitrogens with zero attached hydrogens (tertiary/aromatic N) is 1. The Morgan fingerprint density at radius 2 is 2.41 bits per heavy atom. The summed E-state index contributed by atoms with van der Waals surface area (Å²) in [5.41, 5.74) is 0. The van der Waals surface area contributed by atoms with Crippen molar-refractivity contribution in [2.45, 2.75) is 25.9 Å². The molecule has 5 heteroatoms. The van der Waals surface area contributed by atoms with E-state index in [1.54, 1.807) is 0 Å². The summed E-state index contributed by atoms with van der Waals surface area (Å²) in [6.45, 7) is 5.85. The van der Waals surface area contributed by atoms with Crippen LogP contribution in [0.15, 0.2) is 0 Å². The summed E-state index contributed by atoms with van der Waals surface area (Å²) < 4.78 is 10.2. The van der Waals surface area contributed by atoms with Gasteiger partial charge in [-0.25, -0.2) is 0 Å². The Hall–Kier alpha value is -0.260. The van der Waals surface area contributed by atoms with Crippen LogP contribution in [-0.4, -0.2) is 61.8 Å². The van der Waals surface area contributed by atoms with Crippen molar-refractivity contribution in [2.75, 3.05) is 44.9 Å². The zero-order valence-corrected chi connectivity index (χ0v) is 11.6. The highest BCUT2D eigenvalue weighted by Gasteiger charge is 2.22. The molecule has 1 saturated heterocycles. The van der Waals surface area contributed by atoms with Crippen molar-refractivity contribution in [2.24, 2.45) is 0 Å². The third-order valence-corrected chi connectivity index (χ3v) is 3.80. The highest BCUT2D eigenvalue weighted by Crippen LogP contribution is 2.11. The summed E-state index contributed by atoms with van der Waals surface area (Å²) >= 11 is 1.98. The normalized spacial score (nSPS) is 21.4. The minimum absolute atomic E-state index is 0.00929. The van der Waals surface area contributed by atoms with Gasteiger partial charge < -0.3 is 9.47 Å². The number of hydrogen-bond donors (Lipinski definition) is 0. The fourth-order valence-electron chi connectivity index (χ4n) is 1.91. The van der Waals surface area contributed by atoms with E-state index in [0.29, 0.717) is 6.42 Å². The second-order valence-corrected chi connectivity index (χ2v) is 5.52. The lowest BCUT2D eigenvalue weighted by Crippen LogP contribution is -2.43. The van der Waals surface area contributed by atoms with E-state index < -0.39 is 0 Å². The molecule has 0 aliphatic carbocycles. The largest absolute Gasteiger partial charge is 0.469 e. The molecule has 0 bridgehead atoms. The van der Waals surface area contributed by atoms with Crippen LogP contribution in [0.25, 0.3) is 0 Å². The molecule has 100 valence electrons. The van der Waals surface area contributed by atoms with Crippen molar-refractivity contribution in [1.29, 1.82) is 0 Å². The van der Waals surface area contributed by atoms with Crippen LogP contribution >= 0.6 is 11.8 Å². The SMILES string of the molecule is CCSCCCN1CCOC(CC(=O)OC)C1. The van der Waals surface area contributed by atoms with Crippen LogP contribution in [0.2, 0.25) is 0 Å². The van der Waals surface area contributed by atoms with Crippen LogP contribution in [-0.2, 0) is 14.3 Å². The smallest absolute Gasteiger partial charge is 0.308 e. The zero-order chi connectivity index (χ0) is 12.5. The van der Waals surface area contributed by atoms with E-state index in [-0.39, 0.29) is 12.1 Å². The molecule has 1 aliphatic rings. The quantitative estimate of drug-likeness (QED) is 0.511. The summed E-state index contributed by atoms with van der Waals surface area (Å²) in [4.78, 5) is 13.5. The van der Waals surface area contributed by atoms with Crippen LogP contribution < -0.4 is 0 Å². The first kappa shape index (κ1) is 14.8. The Labute approximate surface area is 108 Å². The second kappa shape index (κ2) is 8.78. The zero-order valence-electron chi connectivity index (χ0n) is 10.8. The fourth-order valence-corrected chi connectivity index (χ4v) is 2.53. The first-order valence-corrected chi connectivity index (χ1v) is 7.40. The van der Waals surface area contributed by atoms with Gasteiger partial charge in [0.05, 0.1) is 26.2 Å². The van der Waals surface area contributed by atoms with Gasteiger partial charge >= 0.3 is 5.97 Å². The van der Waals surface area contributed by atoms with Crippen molar-refractivity contribution in [3.8, 4) is 0 Å². The van der Waals surface area contributed by atoms with E-state index in [2.05, 4.69) is 16.6 Å². The molecule has 0 spiro atoms. The van der Waals surface area contributed by atoms with Crippen molar-refractivity contribution in [3.05, 3.63) is 0 Å². The Bertz CT molecular complexity index is 226. The summed E-state index contributed by atoms with van der Waals surface area (Å²) in [5, 5.41) is 0. The number of morpholine rings is 1. The molecule has 0 N–H and O–H groups in total. The topological polar surface area (TPSA) is 38.8 Å². The number of carbonyl (C=O) groups is 1. The molecule has 0 aromatic rings. The van der Waals surface area contributed by atoms with E-state index in [1.165, 1.54) is 25.0 Å². The Balaban J connectivity index is 2.17. The van der Waals surface area contributed by atoms with E-state index in [9.17, 15) is 4.79 Å². The maximum Gasteiger partial charge on any atom is 0.308 e. The summed E-state index contributed by atoms with van der Waals surface area (Å²) in [7, 11) is 1.42. The second-order valence-electron chi connectivity index (χ2n) is 4.12. The van der Waals surface area contributed by atoms with Gasteiger partial charge in [0.25, 0.3) is 0 Å². The predicted octanol–water partition coefficient (Wildman–Crippen LogP) is 1.39. The van der Waals surface area contributed by atoms with Gasteiger partial charge in [-0.15, -0.1) is 0 Å². The molecule has 1 aliphatic heterocycles. The average molecular weight is 261 g/mol. The van der Waals surface area contributed by atoms with Crippen molar-refractivity contribution >= 4 is 17.7 Å². The minimum atomic E-state index is -0.182. The Kier molecular flexibility index (Phi) is 7.64. The predicted molar refractivity (Wildman–Crippen MR) is 70.4 cm³/mol. The highest BCUT2D eigenvalue weighted by atomic mass is 32.2. The van der Waals surface area contributed by atoms with Crippen molar-refractivity contribution in [3.63, 3.8) is 0 Å². The monoisotopic (exact) mass is 261 g/mol. The lowest BCUT2D eigenvalue weighted by molar-refractivity contribution is -0.145. The highest BCUT2D eigenvalue weighted by molar-refractivity contribution is 7.99. The molecule has 4 nitrogen and oxygen atoms in total. The molecule has 0 amide bonds. The van der Waals surface area contributed by atoms with Gasteiger partial charge in [-0.05, 0) is 24.5 Å². The number of thioether (sulfide) groups is 1. The molecule has 1 heterocycles. The minimum Gasteiger partial charge on any atom is -0.469 e. The van der Waals surface area contributed by atoms with Gasteiger partial charge in [0.15, 0.2) is 0 Å². The van der Waals surface area contributed by atoms with Crippen LogP contribution in [0.4, 0.5) is 0 Å². The molecule has 1 atom stereocenters. The van der Waals surface area contributed by atoms with E-state index >= 15 is 0 Å². The average Bonchev–Trinajstić information content (AvgIpc) is 2.35. The summed E-state index contributed by atoms with van der Waals surface area (Å²) in [6.07, 6.45) is 1.59. The lowest BCUT2D eigenvalue weighted by atomic mass is 10.2. The van der Waals surface area contributed by atoms with E-state index in [0.717, 1.165) is 26.2 Å². The molecular formula is C12H23NO3S.